The average Bonchev–Trinajstić information content (AvgIpc) is 2.73. The number of fused-ring (bicyclic) bond motifs is 1. The predicted molar refractivity (Wildman–Crippen MR) is 72.3 cm³/mol. The van der Waals surface area contributed by atoms with E-state index in [-0.39, 0.29) is 0 Å². The summed E-state index contributed by atoms with van der Waals surface area (Å²) in [6.45, 7) is 2.27. The molecule has 0 radical (unpaired) electrons. The van der Waals surface area contributed by atoms with Gasteiger partial charge in [-0.15, -0.1) is 11.3 Å². The van der Waals surface area contributed by atoms with Crippen LogP contribution in [0.15, 0.2) is 6.07 Å². The summed E-state index contributed by atoms with van der Waals surface area (Å²) in [4.78, 5) is 3.24. The molecule has 1 atom stereocenters. The summed E-state index contributed by atoms with van der Waals surface area (Å²) in [7, 11) is 2.10. The van der Waals surface area contributed by atoms with Crippen molar-refractivity contribution in [3.63, 3.8) is 0 Å². The molecule has 1 heterocycles. The quantitative estimate of drug-likeness (QED) is 0.813. The Kier molecular flexibility index (Phi) is 4.42. The van der Waals surface area contributed by atoms with Crippen LogP contribution in [0, 0.1) is 0 Å². The zero-order chi connectivity index (χ0) is 11.4. The van der Waals surface area contributed by atoms with Crippen molar-refractivity contribution in [1.82, 2.24) is 5.32 Å². The minimum Gasteiger partial charge on any atom is -0.312 e. The largest absolute Gasteiger partial charge is 0.312 e. The third-order valence-corrected chi connectivity index (χ3v) is 4.90. The molecular weight excluding hydrogens is 214 g/mol. The van der Waals surface area contributed by atoms with Gasteiger partial charge in [0, 0.05) is 15.8 Å². The highest BCUT2D eigenvalue weighted by molar-refractivity contribution is 7.12. The molecule has 1 aliphatic carbocycles. The molecule has 1 aromatic rings. The fourth-order valence-corrected chi connectivity index (χ4v) is 3.92. The maximum atomic E-state index is 3.47. The molecule has 0 fully saturated rings. The predicted octanol–water partition coefficient (Wildman–Crippen LogP) is 4.08. The summed E-state index contributed by atoms with van der Waals surface area (Å²) in [5.74, 6) is 0. The van der Waals surface area contributed by atoms with Gasteiger partial charge in [-0.1, -0.05) is 19.8 Å². The van der Waals surface area contributed by atoms with Crippen LogP contribution in [0.3, 0.4) is 0 Å². The van der Waals surface area contributed by atoms with Crippen molar-refractivity contribution in [2.75, 3.05) is 7.05 Å². The molecule has 2 heteroatoms. The minimum absolute atomic E-state index is 0.593. The first-order valence-electron chi connectivity index (χ1n) is 6.64. The second kappa shape index (κ2) is 5.83. The Morgan fingerprint density at radius 2 is 2.19 bits per heavy atom. The molecule has 16 heavy (non-hydrogen) atoms. The van der Waals surface area contributed by atoms with Gasteiger partial charge in [0.2, 0.25) is 0 Å². The van der Waals surface area contributed by atoms with Crippen LogP contribution in [-0.4, -0.2) is 7.05 Å². The van der Waals surface area contributed by atoms with Crippen molar-refractivity contribution in [2.45, 2.75) is 57.9 Å². The van der Waals surface area contributed by atoms with Gasteiger partial charge in [-0.05, 0) is 50.8 Å². The molecule has 1 aromatic heterocycles. The summed E-state index contributed by atoms with van der Waals surface area (Å²) in [6, 6.07) is 3.06. The first-order valence-corrected chi connectivity index (χ1v) is 7.45. The highest BCUT2D eigenvalue weighted by Gasteiger charge is 2.17. The number of hydrogen-bond donors (Lipinski definition) is 1. The molecule has 1 nitrogen and oxygen atoms in total. The third-order valence-electron chi connectivity index (χ3n) is 3.55. The molecule has 90 valence electrons. The maximum Gasteiger partial charge on any atom is 0.0412 e. The van der Waals surface area contributed by atoms with Crippen molar-refractivity contribution in [3.8, 4) is 0 Å². The Labute approximate surface area is 103 Å². The maximum absolute atomic E-state index is 3.47. The number of rotatable bonds is 5. The Morgan fingerprint density at radius 3 is 2.88 bits per heavy atom. The molecule has 1 unspecified atom stereocenters. The van der Waals surface area contributed by atoms with Crippen molar-refractivity contribution in [3.05, 3.63) is 21.4 Å². The lowest BCUT2D eigenvalue weighted by Gasteiger charge is -2.13. The number of hydrogen-bond acceptors (Lipinski definition) is 2. The van der Waals surface area contributed by atoms with E-state index in [4.69, 9.17) is 0 Å². The lowest BCUT2D eigenvalue weighted by molar-refractivity contribution is 0.530. The van der Waals surface area contributed by atoms with E-state index in [1.807, 2.05) is 0 Å². The van der Waals surface area contributed by atoms with Crippen LogP contribution in [0.25, 0.3) is 0 Å². The molecule has 0 saturated heterocycles. The van der Waals surface area contributed by atoms with Crippen LogP contribution in [0.4, 0.5) is 0 Å². The molecule has 0 aromatic carbocycles. The van der Waals surface area contributed by atoms with Gasteiger partial charge in [0.15, 0.2) is 0 Å². The van der Waals surface area contributed by atoms with E-state index in [0.717, 1.165) is 0 Å². The highest BCUT2D eigenvalue weighted by Crippen LogP contribution is 2.34. The Bertz CT molecular complexity index is 306. The number of nitrogens with one attached hydrogen (secondary N) is 1. The molecular formula is C14H23NS. The monoisotopic (exact) mass is 237 g/mol. The van der Waals surface area contributed by atoms with Crippen LogP contribution < -0.4 is 5.32 Å². The summed E-state index contributed by atoms with van der Waals surface area (Å²) in [5, 5.41) is 3.47. The van der Waals surface area contributed by atoms with E-state index in [0.29, 0.717) is 6.04 Å². The fourth-order valence-electron chi connectivity index (χ4n) is 2.52. The van der Waals surface area contributed by atoms with E-state index >= 15 is 0 Å². The molecule has 0 aliphatic heterocycles. The van der Waals surface area contributed by atoms with Gasteiger partial charge >= 0.3 is 0 Å². The van der Waals surface area contributed by atoms with Crippen molar-refractivity contribution >= 4 is 11.3 Å². The summed E-state index contributed by atoms with van der Waals surface area (Å²) in [5.41, 5.74) is 1.64. The van der Waals surface area contributed by atoms with Crippen LogP contribution in [0.2, 0.25) is 0 Å². The molecule has 0 spiro atoms. The topological polar surface area (TPSA) is 12.0 Å². The van der Waals surface area contributed by atoms with Crippen molar-refractivity contribution in [2.24, 2.45) is 0 Å². The smallest absolute Gasteiger partial charge is 0.0412 e. The molecule has 1 N–H and O–H groups in total. The molecule has 0 amide bonds. The van der Waals surface area contributed by atoms with Crippen molar-refractivity contribution < 1.29 is 0 Å². The second-order valence-electron chi connectivity index (χ2n) is 4.79. The number of unbranched alkanes of at least 4 members (excludes halogenated alkanes) is 1. The van der Waals surface area contributed by atoms with E-state index < -0.39 is 0 Å². The Hall–Kier alpha value is -0.340. The minimum atomic E-state index is 0.593. The number of thiophene rings is 1. The SMILES string of the molecule is CCCCC(NC)c1cc2c(s1)CCCC2. The molecule has 1 aliphatic rings. The van der Waals surface area contributed by atoms with Crippen LogP contribution in [-0.2, 0) is 12.8 Å². The van der Waals surface area contributed by atoms with Gasteiger partial charge < -0.3 is 5.32 Å². The second-order valence-corrected chi connectivity index (χ2v) is 5.96. The van der Waals surface area contributed by atoms with E-state index in [2.05, 4.69) is 36.7 Å². The van der Waals surface area contributed by atoms with E-state index in [9.17, 15) is 0 Å². The van der Waals surface area contributed by atoms with Crippen LogP contribution >= 0.6 is 11.3 Å². The Morgan fingerprint density at radius 1 is 1.38 bits per heavy atom. The van der Waals surface area contributed by atoms with Gasteiger partial charge in [0.1, 0.15) is 0 Å². The van der Waals surface area contributed by atoms with Crippen LogP contribution in [0.1, 0.15) is 60.4 Å². The molecule has 0 bridgehead atoms. The first-order chi connectivity index (χ1) is 7.85. The van der Waals surface area contributed by atoms with Gasteiger partial charge in [-0.25, -0.2) is 0 Å². The number of aryl methyl sites for hydroxylation is 2. The zero-order valence-electron chi connectivity index (χ0n) is 10.5. The normalized spacial score (nSPS) is 17.1. The van der Waals surface area contributed by atoms with Crippen LogP contribution in [0.5, 0.6) is 0 Å². The lowest BCUT2D eigenvalue weighted by atomic mass is 9.98. The summed E-state index contributed by atoms with van der Waals surface area (Å²) < 4.78 is 0. The third kappa shape index (κ3) is 2.67. The summed E-state index contributed by atoms with van der Waals surface area (Å²) in [6.07, 6.45) is 9.33. The van der Waals surface area contributed by atoms with Gasteiger partial charge in [-0.2, -0.15) is 0 Å². The average molecular weight is 237 g/mol. The van der Waals surface area contributed by atoms with Gasteiger partial charge in [0.05, 0.1) is 0 Å². The van der Waals surface area contributed by atoms with E-state index in [1.54, 1.807) is 15.3 Å². The summed E-state index contributed by atoms with van der Waals surface area (Å²) >= 11 is 2.06. The van der Waals surface area contributed by atoms with Gasteiger partial charge in [0.25, 0.3) is 0 Å². The fraction of sp³-hybridized carbons (Fsp3) is 0.714. The molecule has 2 rings (SSSR count). The van der Waals surface area contributed by atoms with Crippen molar-refractivity contribution in [1.29, 1.82) is 0 Å². The van der Waals surface area contributed by atoms with Gasteiger partial charge in [-0.3, -0.25) is 0 Å². The standard InChI is InChI=1S/C14H23NS/c1-3-4-8-12(15-2)14-10-11-7-5-6-9-13(11)16-14/h10,12,15H,3-9H2,1-2H3. The van der Waals surface area contributed by atoms with E-state index in [1.165, 1.54) is 44.9 Å². The zero-order valence-corrected chi connectivity index (χ0v) is 11.3. The Balaban J connectivity index is 2.09. The highest BCUT2D eigenvalue weighted by atomic mass is 32.1. The molecule has 0 saturated carbocycles. The first kappa shape index (κ1) is 12.1. The lowest BCUT2D eigenvalue weighted by Crippen LogP contribution is -2.14.